The maximum Gasteiger partial charge on any atom is 0.338 e. The quantitative estimate of drug-likeness (QED) is 0.131. The third-order valence-corrected chi connectivity index (χ3v) is 8.49. The third-order valence-electron chi connectivity index (χ3n) is 8.49. The molecule has 0 bridgehead atoms. The number of rotatable bonds is 12. The average Bonchev–Trinajstić information content (AvgIpc) is 3.66. The molecule has 0 saturated carbocycles. The van der Waals surface area contributed by atoms with E-state index < -0.39 is 30.1 Å². The van der Waals surface area contributed by atoms with Crippen molar-refractivity contribution in [1.29, 1.82) is 0 Å². The lowest BCUT2D eigenvalue weighted by Crippen LogP contribution is -2.43. The largest absolute Gasteiger partial charge is 0.499 e. The average molecular weight is 655 g/mol. The zero-order chi connectivity index (χ0) is 33.5. The highest BCUT2D eigenvalue weighted by molar-refractivity contribution is 5.95. The summed E-state index contributed by atoms with van der Waals surface area (Å²) in [5.41, 5.74) is 4.83. The Morgan fingerprint density at radius 3 is 2.42 bits per heavy atom. The Morgan fingerprint density at radius 2 is 1.65 bits per heavy atom. The van der Waals surface area contributed by atoms with Gasteiger partial charge in [0.25, 0.3) is 5.91 Å². The maximum atomic E-state index is 13.5. The van der Waals surface area contributed by atoms with Gasteiger partial charge in [-0.2, -0.15) is 0 Å². The highest BCUT2D eigenvalue weighted by atomic mass is 16.8. The van der Waals surface area contributed by atoms with Crippen LogP contribution >= 0.6 is 0 Å². The summed E-state index contributed by atoms with van der Waals surface area (Å²) in [5.74, 6) is -2.16. The molecule has 1 spiro atoms. The predicted molar refractivity (Wildman–Crippen MR) is 174 cm³/mol. The van der Waals surface area contributed by atoms with Gasteiger partial charge in [-0.1, -0.05) is 48.5 Å². The molecule has 0 aromatic heterocycles. The van der Waals surface area contributed by atoms with Gasteiger partial charge in [0.2, 0.25) is 5.91 Å². The second-order valence-electron chi connectivity index (χ2n) is 11.9. The molecule has 3 aromatic carbocycles. The minimum absolute atomic E-state index is 0.105. The first-order chi connectivity index (χ1) is 23.4. The molecule has 1 saturated heterocycles. The predicted octanol–water partition coefficient (Wildman–Crippen LogP) is 2.84. The Labute approximate surface area is 278 Å². The molecule has 2 amide bonds. The highest BCUT2D eigenvalue weighted by Gasteiger charge is 2.55. The first kappa shape index (κ1) is 33.1. The summed E-state index contributed by atoms with van der Waals surface area (Å²) in [5, 5.41) is 23.5. The van der Waals surface area contributed by atoms with Crippen molar-refractivity contribution in [2.24, 2.45) is 0 Å². The number of benzene rings is 3. The van der Waals surface area contributed by atoms with E-state index in [-0.39, 0.29) is 51.1 Å². The fourth-order valence-electron chi connectivity index (χ4n) is 6.27. The summed E-state index contributed by atoms with van der Waals surface area (Å²) in [6, 6.07) is 21.8. The number of ether oxygens (including phenoxy) is 4. The molecule has 0 unspecified atom stereocenters. The molecule has 1 heterocycles. The van der Waals surface area contributed by atoms with Crippen molar-refractivity contribution in [2.75, 3.05) is 26.4 Å². The van der Waals surface area contributed by atoms with Gasteiger partial charge >= 0.3 is 5.97 Å². The van der Waals surface area contributed by atoms with Crippen LogP contribution in [0.25, 0.3) is 6.08 Å². The monoisotopic (exact) mass is 654 g/mol. The molecule has 0 radical (unpaired) electrons. The van der Waals surface area contributed by atoms with Crippen molar-refractivity contribution in [3.63, 3.8) is 0 Å². The molecule has 1 fully saturated rings. The SMILES string of the molecule is O=C(NCc1cccc(C(=O)NCCO)c1)C1=C[C@H]2OC3(Cc4ccccc4C3)O[C@H]2[C@H](OC(=O)c2cccc(C=COCCO)c2)C1. The van der Waals surface area contributed by atoms with E-state index in [1.807, 2.05) is 30.3 Å². The molecular weight excluding hydrogens is 616 g/mol. The van der Waals surface area contributed by atoms with Crippen LogP contribution in [0.15, 0.2) is 90.7 Å². The summed E-state index contributed by atoms with van der Waals surface area (Å²) in [6.45, 7) is 0.197. The fourth-order valence-corrected chi connectivity index (χ4v) is 6.27. The van der Waals surface area contributed by atoms with Crippen molar-refractivity contribution in [1.82, 2.24) is 10.6 Å². The highest BCUT2D eigenvalue weighted by Crippen LogP contribution is 2.45. The zero-order valence-electron chi connectivity index (χ0n) is 26.3. The Hall–Kier alpha value is -4.81. The van der Waals surface area contributed by atoms with Crippen LogP contribution < -0.4 is 10.6 Å². The van der Waals surface area contributed by atoms with Crippen molar-refractivity contribution in [3.8, 4) is 0 Å². The first-order valence-corrected chi connectivity index (χ1v) is 16.0. The van der Waals surface area contributed by atoms with Crippen LogP contribution in [0.5, 0.6) is 0 Å². The Balaban J connectivity index is 1.18. The zero-order valence-corrected chi connectivity index (χ0v) is 26.3. The van der Waals surface area contributed by atoms with Gasteiger partial charge in [-0.05, 0) is 58.7 Å². The molecule has 250 valence electrons. The van der Waals surface area contributed by atoms with Crippen molar-refractivity contribution >= 4 is 23.9 Å². The molecule has 3 atom stereocenters. The van der Waals surface area contributed by atoms with Crippen LogP contribution in [0.2, 0.25) is 0 Å². The van der Waals surface area contributed by atoms with Crippen molar-refractivity contribution < 1.29 is 43.5 Å². The third kappa shape index (κ3) is 7.66. The standard InChI is InChI=1S/C37H38N2O9/c40-13-12-38-34(42)26-9-4-6-25(18-26)23-39-35(43)30-19-31(46-36(44)27-10-3-5-24(17-27)11-15-45-16-14-41)33-32(20-30)47-37(48-33)21-28-7-1-2-8-29(28)22-37/h1-11,15,17-18,20,31-33,40-41H,12-14,16,19,21-23H2,(H,38,42)(H,39,43)/t31-,32-,33+/m1/s1. The second-order valence-corrected chi connectivity index (χ2v) is 11.9. The molecule has 6 rings (SSSR count). The molecule has 4 N–H and O–H groups in total. The van der Waals surface area contributed by atoms with Gasteiger partial charge in [0.15, 0.2) is 5.79 Å². The van der Waals surface area contributed by atoms with Crippen LogP contribution in [-0.4, -0.2) is 78.5 Å². The van der Waals surface area contributed by atoms with E-state index in [1.165, 1.54) is 6.26 Å². The van der Waals surface area contributed by atoms with E-state index in [4.69, 9.17) is 29.2 Å². The van der Waals surface area contributed by atoms with Gasteiger partial charge in [0.05, 0.1) is 25.0 Å². The second kappa shape index (κ2) is 15.0. The van der Waals surface area contributed by atoms with Crippen LogP contribution in [-0.2, 0) is 43.1 Å². The molecular formula is C37H38N2O9. The summed E-state index contributed by atoms with van der Waals surface area (Å²) >= 11 is 0. The van der Waals surface area contributed by atoms with Gasteiger partial charge < -0.3 is 39.8 Å². The van der Waals surface area contributed by atoms with E-state index >= 15 is 0 Å². The number of hydrogen-bond donors (Lipinski definition) is 4. The molecule has 48 heavy (non-hydrogen) atoms. The van der Waals surface area contributed by atoms with E-state index in [2.05, 4.69) is 10.6 Å². The lowest BCUT2D eigenvalue weighted by Gasteiger charge is -2.30. The van der Waals surface area contributed by atoms with Crippen LogP contribution in [0.4, 0.5) is 0 Å². The molecule has 3 aromatic rings. The fraction of sp³-hybridized carbons (Fsp3) is 0.324. The van der Waals surface area contributed by atoms with Crippen molar-refractivity contribution in [3.05, 3.63) is 124 Å². The number of hydrogen-bond acceptors (Lipinski definition) is 9. The van der Waals surface area contributed by atoms with Crippen LogP contribution in [0.1, 0.15) is 49.4 Å². The molecule has 1 aliphatic heterocycles. The van der Waals surface area contributed by atoms with E-state index in [9.17, 15) is 14.4 Å². The van der Waals surface area contributed by atoms with Gasteiger partial charge in [0.1, 0.15) is 24.9 Å². The lowest BCUT2D eigenvalue weighted by atomic mass is 9.91. The number of nitrogens with one attached hydrogen (secondary N) is 2. The van der Waals surface area contributed by atoms with Gasteiger partial charge in [-0.15, -0.1) is 0 Å². The number of aliphatic hydroxyl groups is 2. The molecule has 3 aliphatic rings. The molecule has 11 nitrogen and oxygen atoms in total. The minimum atomic E-state index is -0.928. The smallest absolute Gasteiger partial charge is 0.338 e. The normalized spacial score (nSPS) is 20.5. The number of esters is 1. The Kier molecular flexibility index (Phi) is 10.3. The first-order valence-electron chi connectivity index (χ1n) is 16.0. The summed E-state index contributed by atoms with van der Waals surface area (Å²) in [6.07, 6.45) is 4.05. The Morgan fingerprint density at radius 1 is 0.875 bits per heavy atom. The summed E-state index contributed by atoms with van der Waals surface area (Å²) in [4.78, 5) is 39.4. The lowest BCUT2D eigenvalue weighted by molar-refractivity contribution is -0.172. The van der Waals surface area contributed by atoms with E-state index in [1.54, 1.807) is 54.6 Å². The van der Waals surface area contributed by atoms with Gasteiger partial charge in [0, 0.05) is 43.5 Å². The number of carbonyl (C=O) groups is 3. The number of aliphatic hydroxyl groups excluding tert-OH is 2. The number of carbonyl (C=O) groups excluding carboxylic acids is 3. The van der Waals surface area contributed by atoms with Crippen LogP contribution in [0.3, 0.4) is 0 Å². The Bertz CT molecular complexity index is 1690. The molecule has 11 heteroatoms. The van der Waals surface area contributed by atoms with E-state index in [0.717, 1.165) is 16.7 Å². The van der Waals surface area contributed by atoms with Crippen molar-refractivity contribution in [2.45, 2.75) is 49.9 Å². The summed E-state index contributed by atoms with van der Waals surface area (Å²) in [7, 11) is 0. The number of amides is 2. The summed E-state index contributed by atoms with van der Waals surface area (Å²) < 4.78 is 24.4. The number of fused-ring (bicyclic) bond motifs is 2. The maximum absolute atomic E-state index is 13.5. The van der Waals surface area contributed by atoms with Gasteiger partial charge in [-0.3, -0.25) is 9.59 Å². The molecule has 2 aliphatic carbocycles. The van der Waals surface area contributed by atoms with E-state index in [0.29, 0.717) is 35.1 Å². The minimum Gasteiger partial charge on any atom is -0.499 e. The van der Waals surface area contributed by atoms with Crippen LogP contribution in [0, 0.1) is 0 Å². The van der Waals surface area contributed by atoms with Gasteiger partial charge in [-0.25, -0.2) is 4.79 Å². The topological polar surface area (TPSA) is 153 Å².